The highest BCUT2D eigenvalue weighted by Gasteiger charge is 2.27. The lowest BCUT2D eigenvalue weighted by molar-refractivity contribution is -0.123. The van der Waals surface area contributed by atoms with Crippen LogP contribution in [0.2, 0.25) is 0 Å². The van der Waals surface area contributed by atoms with E-state index in [1.54, 1.807) is 6.20 Å². The predicted octanol–water partition coefficient (Wildman–Crippen LogP) is 2.59. The fourth-order valence-corrected chi connectivity index (χ4v) is 5.24. The summed E-state index contributed by atoms with van der Waals surface area (Å²) in [7, 11) is -3.40. The average molecular weight is 413 g/mol. The van der Waals surface area contributed by atoms with Crippen molar-refractivity contribution in [3.8, 4) is 0 Å². The van der Waals surface area contributed by atoms with Gasteiger partial charge in [-0.1, -0.05) is 27.2 Å². The van der Waals surface area contributed by atoms with Crippen LogP contribution in [-0.2, 0) is 27.7 Å². The number of sulfone groups is 1. The highest BCUT2D eigenvalue weighted by Crippen LogP contribution is 2.21. The van der Waals surface area contributed by atoms with Crippen LogP contribution in [0.15, 0.2) is 11.4 Å². The van der Waals surface area contributed by atoms with E-state index in [0.717, 1.165) is 44.3 Å². The molecule has 28 heavy (non-hydrogen) atoms. The second kappa shape index (κ2) is 10.4. The first kappa shape index (κ1) is 22.9. The standard InChI is InChI=1S/C20H36N4O3S/c1-4-5-11-24-18(15-23-10-6-9-17(14-23)19(21)25)13-22-20(24)28(26,27)12-7-8-16(2)3/h13,16-17H,4-12,14-15H2,1-3H3,(H2,21,25). The average Bonchev–Trinajstić information content (AvgIpc) is 3.03. The highest BCUT2D eigenvalue weighted by atomic mass is 32.2. The maximum atomic E-state index is 12.9. The van der Waals surface area contributed by atoms with Gasteiger partial charge in [0.25, 0.3) is 0 Å². The summed E-state index contributed by atoms with van der Waals surface area (Å²) < 4.78 is 27.6. The number of carbonyl (C=O) groups is 1. The molecule has 1 saturated heterocycles. The molecule has 1 amide bonds. The molecule has 0 bridgehead atoms. The number of hydrogen-bond donors (Lipinski definition) is 1. The summed E-state index contributed by atoms with van der Waals surface area (Å²) in [5.41, 5.74) is 6.39. The Morgan fingerprint density at radius 3 is 2.75 bits per heavy atom. The van der Waals surface area contributed by atoms with Gasteiger partial charge < -0.3 is 10.3 Å². The predicted molar refractivity (Wildman–Crippen MR) is 110 cm³/mol. The number of rotatable bonds is 11. The van der Waals surface area contributed by atoms with E-state index in [9.17, 15) is 13.2 Å². The third-order valence-electron chi connectivity index (χ3n) is 5.40. The van der Waals surface area contributed by atoms with Gasteiger partial charge in [-0.2, -0.15) is 0 Å². The van der Waals surface area contributed by atoms with Crippen LogP contribution in [0.3, 0.4) is 0 Å². The topological polar surface area (TPSA) is 98.3 Å². The molecular weight excluding hydrogens is 376 g/mol. The summed E-state index contributed by atoms with van der Waals surface area (Å²) >= 11 is 0. The molecule has 1 aliphatic rings. The molecule has 2 heterocycles. The van der Waals surface area contributed by atoms with Crippen molar-refractivity contribution in [1.29, 1.82) is 0 Å². The molecule has 7 nitrogen and oxygen atoms in total. The minimum absolute atomic E-state index is 0.125. The Kier molecular flexibility index (Phi) is 8.49. The minimum atomic E-state index is -3.40. The Morgan fingerprint density at radius 1 is 1.36 bits per heavy atom. The van der Waals surface area contributed by atoms with Crippen LogP contribution in [0.5, 0.6) is 0 Å². The summed E-state index contributed by atoms with van der Waals surface area (Å²) in [5, 5.41) is 0.197. The van der Waals surface area contributed by atoms with Crippen LogP contribution in [0.4, 0.5) is 0 Å². The monoisotopic (exact) mass is 412 g/mol. The first-order chi connectivity index (χ1) is 13.2. The Balaban J connectivity index is 2.17. The van der Waals surface area contributed by atoms with Crippen LogP contribution in [0, 0.1) is 11.8 Å². The zero-order valence-corrected chi connectivity index (χ0v) is 18.4. The van der Waals surface area contributed by atoms with Crippen LogP contribution < -0.4 is 5.73 Å². The maximum absolute atomic E-state index is 12.9. The van der Waals surface area contributed by atoms with Gasteiger partial charge in [-0.15, -0.1) is 0 Å². The van der Waals surface area contributed by atoms with Crippen molar-refractivity contribution in [2.45, 2.75) is 77.5 Å². The zero-order chi connectivity index (χ0) is 20.7. The first-order valence-corrected chi connectivity index (χ1v) is 12.2. The van der Waals surface area contributed by atoms with E-state index >= 15 is 0 Å². The number of amides is 1. The van der Waals surface area contributed by atoms with Crippen molar-refractivity contribution in [3.63, 3.8) is 0 Å². The normalized spacial score (nSPS) is 18.6. The molecular formula is C20H36N4O3S. The number of aromatic nitrogens is 2. The number of piperidine rings is 1. The minimum Gasteiger partial charge on any atom is -0.369 e. The molecule has 1 atom stereocenters. The van der Waals surface area contributed by atoms with E-state index in [4.69, 9.17) is 5.73 Å². The molecule has 0 saturated carbocycles. The number of primary amides is 1. The van der Waals surface area contributed by atoms with E-state index in [1.807, 2.05) is 4.57 Å². The van der Waals surface area contributed by atoms with Crippen LogP contribution in [-0.4, -0.2) is 47.6 Å². The van der Waals surface area contributed by atoms with Gasteiger partial charge >= 0.3 is 0 Å². The molecule has 2 N–H and O–H groups in total. The van der Waals surface area contributed by atoms with E-state index in [2.05, 4.69) is 30.7 Å². The first-order valence-electron chi connectivity index (χ1n) is 10.5. The van der Waals surface area contributed by atoms with Gasteiger partial charge in [0.1, 0.15) is 0 Å². The lowest BCUT2D eigenvalue weighted by atomic mass is 9.97. The molecule has 1 fully saturated rings. The molecule has 8 heteroatoms. The van der Waals surface area contributed by atoms with Gasteiger partial charge in [0.2, 0.25) is 20.9 Å². The number of hydrogen-bond acceptors (Lipinski definition) is 5. The quantitative estimate of drug-likeness (QED) is 0.602. The van der Waals surface area contributed by atoms with E-state index in [-0.39, 0.29) is 22.7 Å². The van der Waals surface area contributed by atoms with E-state index in [1.165, 1.54) is 0 Å². The molecule has 160 valence electrons. The van der Waals surface area contributed by atoms with Gasteiger partial charge in [-0.3, -0.25) is 9.69 Å². The van der Waals surface area contributed by atoms with Crippen molar-refractivity contribution < 1.29 is 13.2 Å². The van der Waals surface area contributed by atoms with Gasteiger partial charge in [0.15, 0.2) is 0 Å². The number of nitrogens with two attached hydrogens (primary N) is 1. The number of imidazole rings is 1. The lowest BCUT2D eigenvalue weighted by Gasteiger charge is -2.31. The second-order valence-corrected chi connectivity index (χ2v) is 10.4. The molecule has 0 radical (unpaired) electrons. The second-order valence-electron chi connectivity index (χ2n) is 8.37. The largest absolute Gasteiger partial charge is 0.369 e. The molecule has 1 aromatic rings. The fraction of sp³-hybridized carbons (Fsp3) is 0.800. The van der Waals surface area contributed by atoms with Crippen molar-refractivity contribution >= 4 is 15.7 Å². The molecule has 0 spiro atoms. The van der Waals surface area contributed by atoms with Crippen molar-refractivity contribution in [2.24, 2.45) is 17.6 Å². The van der Waals surface area contributed by atoms with Gasteiger partial charge in [0.05, 0.1) is 23.6 Å². The summed E-state index contributed by atoms with van der Waals surface area (Å²) in [5.74, 6) is 0.252. The summed E-state index contributed by atoms with van der Waals surface area (Å²) in [4.78, 5) is 18.0. The van der Waals surface area contributed by atoms with Gasteiger partial charge in [-0.05, 0) is 44.6 Å². The molecule has 1 unspecified atom stereocenters. The van der Waals surface area contributed by atoms with Crippen molar-refractivity contribution in [1.82, 2.24) is 14.5 Å². The van der Waals surface area contributed by atoms with Crippen molar-refractivity contribution in [2.75, 3.05) is 18.8 Å². The number of carbonyl (C=O) groups excluding carboxylic acids is 1. The molecule has 0 aromatic carbocycles. The smallest absolute Gasteiger partial charge is 0.227 e. The van der Waals surface area contributed by atoms with Gasteiger partial charge in [0, 0.05) is 19.6 Å². The Hall–Kier alpha value is -1.41. The van der Waals surface area contributed by atoms with Crippen LogP contribution in [0.1, 0.15) is 65.0 Å². The highest BCUT2D eigenvalue weighted by molar-refractivity contribution is 7.91. The van der Waals surface area contributed by atoms with Crippen LogP contribution in [0.25, 0.3) is 0 Å². The number of likely N-dealkylation sites (tertiary alicyclic amines) is 1. The van der Waals surface area contributed by atoms with Crippen molar-refractivity contribution in [3.05, 3.63) is 11.9 Å². The number of unbranched alkanes of at least 4 members (excludes halogenated alkanes) is 1. The lowest BCUT2D eigenvalue weighted by Crippen LogP contribution is -2.41. The maximum Gasteiger partial charge on any atom is 0.227 e. The Labute approximate surface area is 169 Å². The van der Waals surface area contributed by atoms with Crippen LogP contribution >= 0.6 is 0 Å². The van der Waals surface area contributed by atoms with E-state index in [0.29, 0.717) is 32.0 Å². The summed E-state index contributed by atoms with van der Waals surface area (Å²) in [6.07, 6.45) is 6.89. The third-order valence-corrected chi connectivity index (χ3v) is 7.11. The summed E-state index contributed by atoms with van der Waals surface area (Å²) in [6, 6.07) is 0. The molecule has 2 rings (SSSR count). The Bertz CT molecular complexity index is 743. The SMILES string of the molecule is CCCCn1c(CN2CCCC(C(N)=O)C2)cnc1S(=O)(=O)CCCC(C)C. The summed E-state index contributed by atoms with van der Waals surface area (Å²) in [6.45, 7) is 9.06. The van der Waals surface area contributed by atoms with Gasteiger partial charge in [-0.25, -0.2) is 13.4 Å². The fourth-order valence-electron chi connectivity index (χ4n) is 3.76. The molecule has 1 aromatic heterocycles. The third kappa shape index (κ3) is 6.30. The van der Waals surface area contributed by atoms with E-state index < -0.39 is 9.84 Å². The molecule has 0 aliphatic carbocycles. The zero-order valence-electron chi connectivity index (χ0n) is 17.6. The Morgan fingerprint density at radius 2 is 2.11 bits per heavy atom. The molecule has 1 aliphatic heterocycles. The number of nitrogens with zero attached hydrogens (tertiary/aromatic N) is 3.